The molecule has 1 N–H and O–H groups in total. The van der Waals surface area contributed by atoms with Gasteiger partial charge in [-0.3, -0.25) is 14.5 Å². The van der Waals surface area contributed by atoms with Gasteiger partial charge in [0.1, 0.15) is 17.3 Å². The Hall–Kier alpha value is -3.96. The number of nitrogens with one attached hydrogen (secondary N) is 1. The second-order valence-corrected chi connectivity index (χ2v) is 11.0. The monoisotopic (exact) mass is 595 g/mol. The van der Waals surface area contributed by atoms with Crippen LogP contribution in [0.3, 0.4) is 0 Å². The molecule has 5 rings (SSSR count). The fourth-order valence-corrected chi connectivity index (χ4v) is 5.60. The number of fused-ring (bicyclic) bond motifs is 1. The zero-order chi connectivity index (χ0) is 30.6. The van der Waals surface area contributed by atoms with Crippen LogP contribution in [0.5, 0.6) is 11.5 Å². The van der Waals surface area contributed by atoms with Gasteiger partial charge in [0.15, 0.2) is 0 Å². The third-order valence-corrected chi connectivity index (χ3v) is 7.96. The molecule has 0 saturated carbocycles. The van der Waals surface area contributed by atoms with Crippen molar-refractivity contribution in [1.82, 2.24) is 19.7 Å². The Kier molecular flexibility index (Phi) is 9.31. The minimum Gasteiger partial charge on any atom is -0.457 e. The van der Waals surface area contributed by atoms with Gasteiger partial charge in [-0.1, -0.05) is 25.1 Å². The molecular weight excluding hydrogens is 559 g/mol. The first-order valence-electron chi connectivity index (χ1n) is 14.5. The number of piperazine rings is 1. The van der Waals surface area contributed by atoms with E-state index >= 15 is 0 Å². The fourth-order valence-electron chi connectivity index (χ4n) is 5.60. The zero-order valence-electron chi connectivity index (χ0n) is 24.4. The van der Waals surface area contributed by atoms with Gasteiger partial charge in [-0.15, -0.1) is 0 Å². The molecule has 2 aromatic carbocycles. The molecule has 1 saturated heterocycles. The summed E-state index contributed by atoms with van der Waals surface area (Å²) in [7, 11) is 0. The lowest BCUT2D eigenvalue weighted by molar-refractivity contribution is -0.138. The first-order chi connectivity index (χ1) is 20.6. The van der Waals surface area contributed by atoms with E-state index < -0.39 is 11.7 Å². The highest BCUT2D eigenvalue weighted by Gasteiger charge is 2.34. The van der Waals surface area contributed by atoms with E-state index in [0.29, 0.717) is 42.4 Å². The number of amides is 2. The van der Waals surface area contributed by atoms with E-state index in [0.717, 1.165) is 49.9 Å². The van der Waals surface area contributed by atoms with Crippen molar-refractivity contribution in [3.05, 3.63) is 82.5 Å². The normalized spacial score (nSPS) is 16.1. The molecule has 2 aliphatic heterocycles. The quantitative estimate of drug-likeness (QED) is 0.390. The highest BCUT2D eigenvalue weighted by molar-refractivity contribution is 5.87. The van der Waals surface area contributed by atoms with Gasteiger partial charge in [-0.05, 0) is 59.5 Å². The minimum atomic E-state index is -4.50. The molecule has 0 radical (unpaired) electrons. The third kappa shape index (κ3) is 7.91. The maximum Gasteiger partial charge on any atom is 0.416 e. The number of carbonyl (C=O) groups excluding carboxylic acids is 2. The maximum absolute atomic E-state index is 14.1. The SMILES string of the molecule is CCN1CCN(Cc2ccc(CC(=O)N3CCc4ccc(Oc5ccnc(NC(C)=O)c5)cc4C3)cc2C(F)(F)F)CC1. The average Bonchev–Trinajstić information content (AvgIpc) is 2.97. The number of aromatic nitrogens is 1. The van der Waals surface area contributed by atoms with E-state index in [1.54, 1.807) is 23.1 Å². The molecule has 43 heavy (non-hydrogen) atoms. The van der Waals surface area contributed by atoms with Crippen LogP contribution in [0.1, 0.15) is 41.7 Å². The van der Waals surface area contributed by atoms with Gasteiger partial charge >= 0.3 is 6.18 Å². The second-order valence-electron chi connectivity index (χ2n) is 11.0. The Morgan fingerprint density at radius 1 is 0.930 bits per heavy atom. The van der Waals surface area contributed by atoms with Gasteiger partial charge < -0.3 is 19.9 Å². The van der Waals surface area contributed by atoms with Crippen molar-refractivity contribution in [2.45, 2.75) is 46.0 Å². The van der Waals surface area contributed by atoms with E-state index in [1.165, 1.54) is 19.2 Å². The van der Waals surface area contributed by atoms with Crippen LogP contribution in [0.4, 0.5) is 19.0 Å². The zero-order valence-corrected chi connectivity index (χ0v) is 24.4. The first-order valence-corrected chi connectivity index (χ1v) is 14.5. The molecular formula is C32H36F3N5O3. The number of hydrogen-bond donors (Lipinski definition) is 1. The molecule has 3 aromatic rings. The molecule has 0 unspecified atom stereocenters. The summed E-state index contributed by atoms with van der Waals surface area (Å²) < 4.78 is 48.2. The molecule has 2 amide bonds. The summed E-state index contributed by atoms with van der Waals surface area (Å²) >= 11 is 0. The molecule has 3 heterocycles. The number of halogens is 3. The van der Waals surface area contributed by atoms with Crippen LogP contribution < -0.4 is 10.1 Å². The summed E-state index contributed by atoms with van der Waals surface area (Å²) in [4.78, 5) is 34.7. The van der Waals surface area contributed by atoms with Crippen LogP contribution in [0, 0.1) is 0 Å². The molecule has 0 bridgehead atoms. The molecule has 1 aromatic heterocycles. The number of hydrogen-bond acceptors (Lipinski definition) is 6. The summed E-state index contributed by atoms with van der Waals surface area (Å²) in [5, 5.41) is 2.62. The number of carbonyl (C=O) groups is 2. The summed E-state index contributed by atoms with van der Waals surface area (Å²) in [5.41, 5.74) is 1.94. The van der Waals surface area contributed by atoms with Crippen molar-refractivity contribution < 1.29 is 27.5 Å². The number of benzene rings is 2. The molecule has 8 nitrogen and oxygen atoms in total. The number of pyridine rings is 1. The Labute approximate surface area is 249 Å². The Morgan fingerprint density at radius 2 is 1.67 bits per heavy atom. The smallest absolute Gasteiger partial charge is 0.416 e. The lowest BCUT2D eigenvalue weighted by Gasteiger charge is -2.34. The van der Waals surface area contributed by atoms with E-state index in [-0.39, 0.29) is 30.3 Å². The van der Waals surface area contributed by atoms with Crippen LogP contribution in [0.25, 0.3) is 0 Å². The minimum absolute atomic E-state index is 0.104. The van der Waals surface area contributed by atoms with Crippen LogP contribution in [-0.4, -0.2) is 70.8 Å². The highest BCUT2D eigenvalue weighted by Crippen LogP contribution is 2.34. The third-order valence-electron chi connectivity index (χ3n) is 7.96. The predicted molar refractivity (Wildman–Crippen MR) is 157 cm³/mol. The summed E-state index contributed by atoms with van der Waals surface area (Å²) in [6, 6.07) is 13.3. The van der Waals surface area contributed by atoms with Crippen LogP contribution in [0.15, 0.2) is 54.7 Å². The fraction of sp³-hybridized carbons (Fsp3) is 0.406. The van der Waals surface area contributed by atoms with Crippen molar-refractivity contribution in [2.24, 2.45) is 0 Å². The predicted octanol–water partition coefficient (Wildman–Crippen LogP) is 5.12. The molecule has 1 fully saturated rings. The Bertz CT molecular complexity index is 1470. The summed E-state index contributed by atoms with van der Waals surface area (Å²) in [6.07, 6.45) is -2.43. The lowest BCUT2D eigenvalue weighted by Crippen LogP contribution is -2.45. The van der Waals surface area contributed by atoms with Gasteiger partial charge in [-0.25, -0.2) is 4.98 Å². The number of rotatable bonds is 8. The van der Waals surface area contributed by atoms with Crippen LogP contribution in [0.2, 0.25) is 0 Å². The molecule has 2 aliphatic rings. The second kappa shape index (κ2) is 13.1. The van der Waals surface area contributed by atoms with Crippen molar-refractivity contribution in [3.63, 3.8) is 0 Å². The Balaban J connectivity index is 1.24. The molecule has 0 aliphatic carbocycles. The number of alkyl halides is 3. The average molecular weight is 596 g/mol. The lowest BCUT2D eigenvalue weighted by atomic mass is 9.97. The van der Waals surface area contributed by atoms with Crippen LogP contribution in [-0.2, 0) is 41.7 Å². The molecule has 0 atom stereocenters. The summed E-state index contributed by atoms with van der Waals surface area (Å²) in [6.45, 7) is 8.65. The molecule has 11 heteroatoms. The van der Waals surface area contributed by atoms with Gasteiger partial charge in [0, 0.05) is 65.0 Å². The van der Waals surface area contributed by atoms with E-state index in [1.807, 2.05) is 18.2 Å². The van der Waals surface area contributed by atoms with Gasteiger partial charge in [0.05, 0.1) is 12.0 Å². The van der Waals surface area contributed by atoms with Crippen LogP contribution >= 0.6 is 0 Å². The van der Waals surface area contributed by atoms with Gasteiger partial charge in [0.2, 0.25) is 11.8 Å². The number of ether oxygens (including phenoxy) is 1. The number of nitrogens with zero attached hydrogens (tertiary/aromatic N) is 4. The number of likely N-dealkylation sites (N-methyl/N-ethyl adjacent to an activating group) is 1. The van der Waals surface area contributed by atoms with E-state index in [4.69, 9.17) is 4.74 Å². The van der Waals surface area contributed by atoms with Crippen molar-refractivity contribution in [1.29, 1.82) is 0 Å². The van der Waals surface area contributed by atoms with Crippen molar-refractivity contribution in [3.8, 4) is 11.5 Å². The summed E-state index contributed by atoms with van der Waals surface area (Å²) in [5.74, 6) is 0.970. The maximum atomic E-state index is 14.1. The Morgan fingerprint density at radius 3 is 2.40 bits per heavy atom. The van der Waals surface area contributed by atoms with E-state index in [2.05, 4.69) is 27.0 Å². The van der Waals surface area contributed by atoms with E-state index in [9.17, 15) is 22.8 Å². The van der Waals surface area contributed by atoms with Gasteiger partial charge in [-0.2, -0.15) is 13.2 Å². The molecule has 228 valence electrons. The topological polar surface area (TPSA) is 78.0 Å². The first kappa shape index (κ1) is 30.5. The number of anilines is 1. The molecule has 0 spiro atoms. The largest absolute Gasteiger partial charge is 0.457 e. The van der Waals surface area contributed by atoms with Crippen molar-refractivity contribution in [2.75, 3.05) is 44.6 Å². The standard InChI is InChI=1S/C32H36F3N5O3/c1-3-38-12-14-39(15-13-38)20-25-5-4-23(16-29(25)32(33,34)35)17-31(42)40-11-9-24-6-7-27(18-26(24)21-40)43-28-8-10-36-30(19-28)37-22(2)41/h4-8,10,16,18-19H,3,9,11-15,17,20-21H2,1-2H3,(H,36,37,41). The van der Waals surface area contributed by atoms with Gasteiger partial charge in [0.25, 0.3) is 0 Å². The van der Waals surface area contributed by atoms with Crippen molar-refractivity contribution >= 4 is 17.6 Å². The highest BCUT2D eigenvalue weighted by atomic mass is 19.4.